The Balaban J connectivity index is 1.82. The SMILES string of the molecule is CC(=O)c1cnc(N2CC[C@]3(CCCN(C)C3=O)C2)nc1C. The van der Waals surface area contributed by atoms with E-state index >= 15 is 0 Å². The Hall–Kier alpha value is -1.98. The molecule has 22 heavy (non-hydrogen) atoms. The van der Waals surface area contributed by atoms with E-state index in [0.29, 0.717) is 23.8 Å². The van der Waals surface area contributed by atoms with Crippen LogP contribution < -0.4 is 4.90 Å². The number of likely N-dealkylation sites (tertiary alicyclic amines) is 1. The zero-order valence-electron chi connectivity index (χ0n) is 13.4. The highest BCUT2D eigenvalue weighted by Gasteiger charge is 2.48. The summed E-state index contributed by atoms with van der Waals surface area (Å²) >= 11 is 0. The van der Waals surface area contributed by atoms with Crippen molar-refractivity contribution in [2.75, 3.05) is 31.6 Å². The van der Waals surface area contributed by atoms with Crippen LogP contribution in [0.3, 0.4) is 0 Å². The minimum atomic E-state index is -0.274. The first-order valence-electron chi connectivity index (χ1n) is 7.78. The van der Waals surface area contributed by atoms with E-state index in [1.807, 2.05) is 18.9 Å². The van der Waals surface area contributed by atoms with Crippen LogP contribution in [0.2, 0.25) is 0 Å². The Bertz CT molecular complexity index is 631. The summed E-state index contributed by atoms with van der Waals surface area (Å²) < 4.78 is 0. The minimum Gasteiger partial charge on any atom is -0.345 e. The van der Waals surface area contributed by atoms with E-state index in [2.05, 4.69) is 14.9 Å². The maximum atomic E-state index is 12.6. The van der Waals surface area contributed by atoms with Gasteiger partial charge in [-0.25, -0.2) is 9.97 Å². The first-order chi connectivity index (χ1) is 10.4. The topological polar surface area (TPSA) is 66.4 Å². The lowest BCUT2D eigenvalue weighted by Gasteiger charge is -2.37. The van der Waals surface area contributed by atoms with E-state index < -0.39 is 0 Å². The highest BCUT2D eigenvalue weighted by atomic mass is 16.2. The molecule has 1 spiro atoms. The average Bonchev–Trinajstić information content (AvgIpc) is 2.89. The molecule has 3 heterocycles. The zero-order valence-corrected chi connectivity index (χ0v) is 13.4. The fraction of sp³-hybridized carbons (Fsp3) is 0.625. The second-order valence-electron chi connectivity index (χ2n) is 6.51. The molecule has 6 nitrogen and oxygen atoms in total. The lowest BCUT2D eigenvalue weighted by Crippen LogP contribution is -2.48. The van der Waals surface area contributed by atoms with E-state index in [-0.39, 0.29) is 17.1 Å². The summed E-state index contributed by atoms with van der Waals surface area (Å²) in [4.78, 5) is 36.8. The molecule has 1 aromatic heterocycles. The number of nitrogens with zero attached hydrogens (tertiary/aromatic N) is 4. The number of anilines is 1. The Kier molecular flexibility index (Phi) is 3.62. The van der Waals surface area contributed by atoms with E-state index in [9.17, 15) is 9.59 Å². The van der Waals surface area contributed by atoms with Crippen LogP contribution in [0.25, 0.3) is 0 Å². The van der Waals surface area contributed by atoms with Gasteiger partial charge in [0.1, 0.15) is 0 Å². The molecule has 2 aliphatic heterocycles. The maximum Gasteiger partial charge on any atom is 0.230 e. The molecule has 1 amide bonds. The molecule has 1 aromatic rings. The van der Waals surface area contributed by atoms with Gasteiger partial charge in [-0.2, -0.15) is 0 Å². The largest absolute Gasteiger partial charge is 0.345 e. The molecule has 3 rings (SSSR count). The van der Waals surface area contributed by atoms with Crippen molar-refractivity contribution >= 4 is 17.6 Å². The summed E-state index contributed by atoms with van der Waals surface area (Å²) in [6.07, 6.45) is 4.45. The molecule has 0 aromatic carbocycles. The number of hydrogen-bond donors (Lipinski definition) is 0. The van der Waals surface area contributed by atoms with Gasteiger partial charge < -0.3 is 9.80 Å². The standard InChI is InChI=1S/C16H22N4O2/c1-11-13(12(2)21)9-17-15(18-11)20-8-6-16(10-20)5-4-7-19(3)14(16)22/h9H,4-8,10H2,1-3H3/t16-/m1/s1. The van der Waals surface area contributed by atoms with Crippen LogP contribution in [0.5, 0.6) is 0 Å². The van der Waals surface area contributed by atoms with E-state index in [4.69, 9.17) is 0 Å². The molecule has 2 fully saturated rings. The molecule has 6 heteroatoms. The number of ketones is 1. The van der Waals surface area contributed by atoms with Gasteiger partial charge >= 0.3 is 0 Å². The molecule has 0 N–H and O–H groups in total. The third kappa shape index (κ3) is 2.36. The van der Waals surface area contributed by atoms with Crippen molar-refractivity contribution < 1.29 is 9.59 Å². The maximum absolute atomic E-state index is 12.6. The van der Waals surface area contributed by atoms with Crippen molar-refractivity contribution in [2.24, 2.45) is 5.41 Å². The molecule has 0 bridgehead atoms. The van der Waals surface area contributed by atoms with Gasteiger partial charge in [0.05, 0.1) is 16.7 Å². The van der Waals surface area contributed by atoms with Gasteiger partial charge in [-0.1, -0.05) is 0 Å². The summed E-state index contributed by atoms with van der Waals surface area (Å²) in [6, 6.07) is 0. The van der Waals surface area contributed by atoms with Gasteiger partial charge in [0.15, 0.2) is 5.78 Å². The number of aryl methyl sites for hydroxylation is 1. The number of hydrogen-bond acceptors (Lipinski definition) is 5. The quantitative estimate of drug-likeness (QED) is 0.773. The van der Waals surface area contributed by atoms with Crippen molar-refractivity contribution in [1.29, 1.82) is 0 Å². The van der Waals surface area contributed by atoms with Gasteiger partial charge in [-0.3, -0.25) is 9.59 Å². The molecule has 0 saturated carbocycles. The number of carbonyl (C=O) groups excluding carboxylic acids is 2. The lowest BCUT2D eigenvalue weighted by molar-refractivity contribution is -0.143. The predicted molar refractivity (Wildman–Crippen MR) is 82.9 cm³/mol. The Morgan fingerprint density at radius 1 is 1.32 bits per heavy atom. The van der Waals surface area contributed by atoms with Gasteiger partial charge in [-0.05, 0) is 33.1 Å². The van der Waals surface area contributed by atoms with Crippen molar-refractivity contribution in [3.63, 3.8) is 0 Å². The highest BCUT2D eigenvalue weighted by Crippen LogP contribution is 2.40. The van der Waals surface area contributed by atoms with Crippen molar-refractivity contribution in [2.45, 2.75) is 33.1 Å². The lowest BCUT2D eigenvalue weighted by atomic mass is 9.78. The van der Waals surface area contributed by atoms with Crippen LogP contribution in [-0.2, 0) is 4.79 Å². The summed E-state index contributed by atoms with van der Waals surface area (Å²) in [5.74, 6) is 0.852. The van der Waals surface area contributed by atoms with Gasteiger partial charge in [0, 0.05) is 32.9 Å². The first kappa shape index (κ1) is 14.9. The van der Waals surface area contributed by atoms with Gasteiger partial charge in [0.2, 0.25) is 11.9 Å². The van der Waals surface area contributed by atoms with Gasteiger partial charge in [0.25, 0.3) is 0 Å². The Labute approximate surface area is 130 Å². The summed E-state index contributed by atoms with van der Waals surface area (Å²) in [5, 5.41) is 0. The number of piperidine rings is 1. The smallest absolute Gasteiger partial charge is 0.230 e. The number of carbonyl (C=O) groups is 2. The highest BCUT2D eigenvalue weighted by molar-refractivity contribution is 5.94. The van der Waals surface area contributed by atoms with Crippen LogP contribution in [0.1, 0.15) is 42.2 Å². The molecule has 118 valence electrons. The van der Waals surface area contributed by atoms with E-state index in [0.717, 1.165) is 32.4 Å². The molecule has 0 aliphatic carbocycles. The fourth-order valence-corrected chi connectivity index (χ4v) is 3.64. The summed E-state index contributed by atoms with van der Waals surface area (Å²) in [6.45, 7) is 5.66. The number of rotatable bonds is 2. The zero-order chi connectivity index (χ0) is 15.9. The first-order valence-corrected chi connectivity index (χ1v) is 7.78. The monoisotopic (exact) mass is 302 g/mol. The van der Waals surface area contributed by atoms with Crippen molar-refractivity contribution in [3.8, 4) is 0 Å². The number of Topliss-reactive ketones (excluding diaryl/α,β-unsaturated/α-hetero) is 1. The van der Waals surface area contributed by atoms with Crippen LogP contribution >= 0.6 is 0 Å². The van der Waals surface area contributed by atoms with Crippen LogP contribution in [0, 0.1) is 12.3 Å². The van der Waals surface area contributed by atoms with Gasteiger partial charge in [-0.15, -0.1) is 0 Å². The van der Waals surface area contributed by atoms with Crippen molar-refractivity contribution in [1.82, 2.24) is 14.9 Å². The normalized spacial score (nSPS) is 25.1. The number of amides is 1. The summed E-state index contributed by atoms with van der Waals surface area (Å²) in [5.41, 5.74) is 0.987. The van der Waals surface area contributed by atoms with Crippen LogP contribution in [-0.4, -0.2) is 53.2 Å². The van der Waals surface area contributed by atoms with Crippen molar-refractivity contribution in [3.05, 3.63) is 17.5 Å². The van der Waals surface area contributed by atoms with E-state index in [1.165, 1.54) is 6.92 Å². The summed E-state index contributed by atoms with van der Waals surface area (Å²) in [7, 11) is 1.88. The molecule has 0 unspecified atom stereocenters. The minimum absolute atomic E-state index is 0.0222. The fourth-order valence-electron chi connectivity index (χ4n) is 3.64. The van der Waals surface area contributed by atoms with E-state index in [1.54, 1.807) is 6.20 Å². The molecular formula is C16H22N4O2. The molecular weight excluding hydrogens is 280 g/mol. The second kappa shape index (κ2) is 5.34. The Morgan fingerprint density at radius 3 is 2.77 bits per heavy atom. The van der Waals surface area contributed by atoms with Crippen LogP contribution in [0.15, 0.2) is 6.20 Å². The molecule has 2 saturated heterocycles. The average molecular weight is 302 g/mol. The predicted octanol–water partition coefficient (Wildman–Crippen LogP) is 1.44. The molecule has 1 atom stereocenters. The third-order valence-corrected chi connectivity index (χ3v) is 4.93. The second-order valence-corrected chi connectivity index (χ2v) is 6.51. The van der Waals surface area contributed by atoms with Crippen LogP contribution in [0.4, 0.5) is 5.95 Å². The molecule has 2 aliphatic rings. The third-order valence-electron chi connectivity index (χ3n) is 4.93. The Morgan fingerprint density at radius 2 is 2.09 bits per heavy atom. The number of aromatic nitrogens is 2. The molecule has 0 radical (unpaired) electrons.